The number of likely N-dealkylation sites (tertiary alicyclic amines) is 1. The largest absolute Gasteiger partial charge is 0.340 e. The Morgan fingerprint density at radius 2 is 1.92 bits per heavy atom. The Kier molecular flexibility index (Phi) is 4.27. The van der Waals surface area contributed by atoms with Crippen LogP contribution in [0.15, 0.2) is 36.9 Å². The summed E-state index contributed by atoms with van der Waals surface area (Å²) in [6.45, 7) is 1.46. The van der Waals surface area contributed by atoms with E-state index in [1.807, 2.05) is 9.58 Å². The van der Waals surface area contributed by atoms with E-state index >= 15 is 0 Å². The zero-order valence-electron chi connectivity index (χ0n) is 14.3. The van der Waals surface area contributed by atoms with Gasteiger partial charge >= 0.3 is 0 Å². The van der Waals surface area contributed by atoms with Gasteiger partial charge in [-0.1, -0.05) is 25.0 Å². The third-order valence-electron chi connectivity index (χ3n) is 5.76. The van der Waals surface area contributed by atoms with E-state index < -0.39 is 5.41 Å². The second kappa shape index (κ2) is 6.58. The van der Waals surface area contributed by atoms with Crippen LogP contribution in [-0.4, -0.2) is 38.7 Å². The number of rotatable bonds is 3. The molecule has 4 rings (SSSR count). The monoisotopic (exact) mass is 342 g/mol. The van der Waals surface area contributed by atoms with Gasteiger partial charge in [-0.25, -0.2) is 14.1 Å². The normalized spacial score (nSPS) is 22.9. The van der Waals surface area contributed by atoms with Gasteiger partial charge in [-0.2, -0.15) is 5.10 Å². The summed E-state index contributed by atoms with van der Waals surface area (Å²) in [4.78, 5) is 19.5. The minimum Gasteiger partial charge on any atom is -0.340 e. The first-order valence-corrected chi connectivity index (χ1v) is 9.09. The molecule has 0 unspecified atom stereocenters. The highest BCUT2D eigenvalue weighted by Crippen LogP contribution is 2.43. The van der Waals surface area contributed by atoms with Crippen LogP contribution in [0.25, 0.3) is 0 Å². The summed E-state index contributed by atoms with van der Waals surface area (Å²) in [5, 5.41) is 4.24. The Balaban J connectivity index is 1.59. The fourth-order valence-electron chi connectivity index (χ4n) is 4.44. The Labute approximate surface area is 146 Å². The van der Waals surface area contributed by atoms with Crippen molar-refractivity contribution in [2.24, 2.45) is 0 Å². The highest BCUT2D eigenvalue weighted by Gasteiger charge is 2.45. The molecule has 2 aromatic rings. The third kappa shape index (κ3) is 2.94. The Bertz CT molecular complexity index is 722. The van der Waals surface area contributed by atoms with Gasteiger partial charge in [0, 0.05) is 13.1 Å². The standard InChI is InChI=1S/C19H23FN4O/c20-16-7-5-15(6-8-16)19(9-1-2-10-19)18(25)23-11-3-4-17(12-23)24-14-21-13-22-24/h5-8,13-14,17H,1-4,9-12H2/t17-/m0/s1. The Morgan fingerprint density at radius 3 is 2.60 bits per heavy atom. The molecule has 1 aromatic heterocycles. The first kappa shape index (κ1) is 16.2. The van der Waals surface area contributed by atoms with Crippen molar-refractivity contribution < 1.29 is 9.18 Å². The SMILES string of the molecule is O=C(N1CCC[C@H](n2cncn2)C1)C1(c2ccc(F)cc2)CCCC1. The number of hydrogen-bond donors (Lipinski definition) is 0. The summed E-state index contributed by atoms with van der Waals surface area (Å²) in [5.41, 5.74) is 0.470. The summed E-state index contributed by atoms with van der Waals surface area (Å²) in [5.74, 6) is -0.0602. The van der Waals surface area contributed by atoms with Gasteiger partial charge in [-0.15, -0.1) is 0 Å². The molecule has 6 heteroatoms. The van der Waals surface area contributed by atoms with Crippen LogP contribution in [0.4, 0.5) is 4.39 Å². The lowest BCUT2D eigenvalue weighted by Crippen LogP contribution is -2.49. The van der Waals surface area contributed by atoms with Crippen LogP contribution in [0.3, 0.4) is 0 Å². The summed E-state index contributed by atoms with van der Waals surface area (Å²) >= 11 is 0. The van der Waals surface area contributed by atoms with Crippen molar-refractivity contribution in [3.8, 4) is 0 Å². The van der Waals surface area contributed by atoms with E-state index in [1.165, 1.54) is 18.5 Å². The van der Waals surface area contributed by atoms with Crippen molar-refractivity contribution in [2.75, 3.05) is 13.1 Å². The zero-order valence-corrected chi connectivity index (χ0v) is 14.3. The first-order valence-electron chi connectivity index (χ1n) is 9.09. The van der Waals surface area contributed by atoms with Crippen LogP contribution in [0.5, 0.6) is 0 Å². The zero-order chi connectivity index (χ0) is 17.3. The summed E-state index contributed by atoms with van der Waals surface area (Å²) in [7, 11) is 0. The molecule has 132 valence electrons. The number of aromatic nitrogens is 3. The van der Waals surface area contributed by atoms with Crippen LogP contribution in [0.1, 0.15) is 50.1 Å². The number of benzene rings is 1. The maximum Gasteiger partial charge on any atom is 0.233 e. The van der Waals surface area contributed by atoms with Gasteiger partial charge in [-0.3, -0.25) is 4.79 Å². The molecule has 0 bridgehead atoms. The maximum atomic E-state index is 13.5. The molecule has 2 aliphatic rings. The van der Waals surface area contributed by atoms with Gasteiger partial charge in [-0.05, 0) is 43.4 Å². The van der Waals surface area contributed by atoms with Crippen molar-refractivity contribution in [1.29, 1.82) is 0 Å². The minimum absolute atomic E-state index is 0.187. The average Bonchev–Trinajstić information content (AvgIpc) is 3.34. The van der Waals surface area contributed by atoms with E-state index in [0.717, 1.165) is 50.6 Å². The molecule has 1 amide bonds. The molecule has 0 spiro atoms. The lowest BCUT2D eigenvalue weighted by molar-refractivity contribution is -0.139. The number of piperidine rings is 1. The maximum absolute atomic E-state index is 13.5. The number of nitrogens with zero attached hydrogens (tertiary/aromatic N) is 4. The average molecular weight is 342 g/mol. The molecule has 0 N–H and O–H groups in total. The lowest BCUT2D eigenvalue weighted by Gasteiger charge is -2.39. The predicted octanol–water partition coefficient (Wildman–Crippen LogP) is 3.09. The fraction of sp³-hybridized carbons (Fsp3) is 0.526. The number of carbonyl (C=O) groups is 1. The molecule has 1 saturated carbocycles. The summed E-state index contributed by atoms with van der Waals surface area (Å²) in [6, 6.07) is 6.70. The Morgan fingerprint density at radius 1 is 1.16 bits per heavy atom. The van der Waals surface area contributed by atoms with Gasteiger partial charge in [0.2, 0.25) is 5.91 Å². The van der Waals surface area contributed by atoms with Gasteiger partial charge in [0.15, 0.2) is 0 Å². The second-order valence-electron chi connectivity index (χ2n) is 7.22. The molecule has 25 heavy (non-hydrogen) atoms. The molecule has 2 fully saturated rings. The predicted molar refractivity (Wildman–Crippen MR) is 91.4 cm³/mol. The molecule has 1 saturated heterocycles. The molecular weight excluding hydrogens is 319 g/mol. The third-order valence-corrected chi connectivity index (χ3v) is 5.76. The molecular formula is C19H23FN4O. The molecule has 5 nitrogen and oxygen atoms in total. The molecule has 2 heterocycles. The van der Waals surface area contributed by atoms with Crippen LogP contribution in [-0.2, 0) is 10.2 Å². The quantitative estimate of drug-likeness (QED) is 0.861. The van der Waals surface area contributed by atoms with Crippen molar-refractivity contribution in [2.45, 2.75) is 50.0 Å². The minimum atomic E-state index is -0.488. The van der Waals surface area contributed by atoms with E-state index in [2.05, 4.69) is 10.1 Å². The second-order valence-corrected chi connectivity index (χ2v) is 7.22. The fourth-order valence-corrected chi connectivity index (χ4v) is 4.44. The van der Waals surface area contributed by atoms with Gasteiger partial charge in [0.1, 0.15) is 18.5 Å². The Hall–Kier alpha value is -2.24. The smallest absolute Gasteiger partial charge is 0.233 e. The van der Waals surface area contributed by atoms with Crippen molar-refractivity contribution in [3.63, 3.8) is 0 Å². The van der Waals surface area contributed by atoms with Crippen LogP contribution < -0.4 is 0 Å². The first-order chi connectivity index (χ1) is 12.2. The summed E-state index contributed by atoms with van der Waals surface area (Å²) < 4.78 is 15.2. The van der Waals surface area contributed by atoms with Crippen LogP contribution in [0.2, 0.25) is 0 Å². The van der Waals surface area contributed by atoms with E-state index in [1.54, 1.807) is 18.5 Å². The number of carbonyl (C=O) groups excluding carboxylic acids is 1. The number of amides is 1. The molecule has 0 radical (unpaired) electrons. The topological polar surface area (TPSA) is 51.0 Å². The number of hydrogen-bond acceptors (Lipinski definition) is 3. The summed E-state index contributed by atoms with van der Waals surface area (Å²) in [6.07, 6.45) is 9.03. The van der Waals surface area contributed by atoms with Crippen molar-refractivity contribution >= 4 is 5.91 Å². The molecule has 1 aromatic carbocycles. The van der Waals surface area contributed by atoms with E-state index in [-0.39, 0.29) is 17.8 Å². The highest BCUT2D eigenvalue weighted by atomic mass is 19.1. The van der Waals surface area contributed by atoms with E-state index in [4.69, 9.17) is 0 Å². The lowest BCUT2D eigenvalue weighted by atomic mass is 9.77. The van der Waals surface area contributed by atoms with Gasteiger partial charge in [0.05, 0.1) is 11.5 Å². The van der Waals surface area contributed by atoms with Crippen molar-refractivity contribution in [3.05, 3.63) is 48.3 Å². The molecule has 1 atom stereocenters. The van der Waals surface area contributed by atoms with Crippen LogP contribution >= 0.6 is 0 Å². The van der Waals surface area contributed by atoms with Crippen molar-refractivity contribution in [1.82, 2.24) is 19.7 Å². The van der Waals surface area contributed by atoms with E-state index in [0.29, 0.717) is 6.54 Å². The van der Waals surface area contributed by atoms with Crippen LogP contribution in [0, 0.1) is 5.82 Å². The highest BCUT2D eigenvalue weighted by molar-refractivity contribution is 5.88. The molecule has 1 aliphatic heterocycles. The molecule has 1 aliphatic carbocycles. The van der Waals surface area contributed by atoms with Gasteiger partial charge in [0.25, 0.3) is 0 Å². The number of halogens is 1. The van der Waals surface area contributed by atoms with E-state index in [9.17, 15) is 9.18 Å². The van der Waals surface area contributed by atoms with Gasteiger partial charge < -0.3 is 4.90 Å².